The fourth-order valence-electron chi connectivity index (χ4n) is 3.00. The van der Waals surface area contributed by atoms with Crippen LogP contribution in [0.25, 0.3) is 0 Å². The van der Waals surface area contributed by atoms with Gasteiger partial charge in [0.25, 0.3) is 0 Å². The van der Waals surface area contributed by atoms with Gasteiger partial charge in [-0.15, -0.1) is 0 Å². The summed E-state index contributed by atoms with van der Waals surface area (Å²) in [7, 11) is 0. The van der Waals surface area contributed by atoms with Gasteiger partial charge in [-0.1, -0.05) is 30.3 Å². The molecule has 0 saturated heterocycles. The first-order valence-corrected chi connectivity index (χ1v) is 6.94. The molecule has 104 valence electrons. The van der Waals surface area contributed by atoms with Crippen molar-refractivity contribution in [1.29, 1.82) is 0 Å². The molecule has 0 radical (unpaired) electrons. The summed E-state index contributed by atoms with van der Waals surface area (Å²) in [6.07, 6.45) is 2.00. The molecule has 1 atom stereocenters. The van der Waals surface area contributed by atoms with E-state index in [0.29, 0.717) is 6.04 Å². The fraction of sp³-hybridized carbons (Fsp3) is 0.294. The van der Waals surface area contributed by atoms with Crippen LogP contribution in [0.1, 0.15) is 29.7 Å². The number of phenols is 1. The maximum absolute atomic E-state index is 13.0. The van der Waals surface area contributed by atoms with E-state index in [4.69, 9.17) is 0 Å². The molecule has 0 saturated carbocycles. The highest BCUT2D eigenvalue weighted by Crippen LogP contribution is 2.28. The minimum atomic E-state index is -0.410. The molecule has 2 aromatic rings. The Hall–Kier alpha value is -1.87. The smallest absolute Gasteiger partial charge is 0.126 e. The zero-order valence-electron chi connectivity index (χ0n) is 11.4. The van der Waals surface area contributed by atoms with E-state index in [-0.39, 0.29) is 11.8 Å². The number of hydrogen-bond acceptors (Lipinski definition) is 2. The second-order valence-corrected chi connectivity index (χ2v) is 5.47. The molecule has 0 heterocycles. The zero-order chi connectivity index (χ0) is 14.1. The van der Waals surface area contributed by atoms with Crippen LogP contribution in [0.2, 0.25) is 0 Å². The van der Waals surface area contributed by atoms with Crippen molar-refractivity contribution in [3.05, 3.63) is 65.0 Å². The highest BCUT2D eigenvalue weighted by molar-refractivity contribution is 5.36. The molecule has 2 N–H and O–H groups in total. The van der Waals surface area contributed by atoms with Gasteiger partial charge >= 0.3 is 0 Å². The Labute approximate surface area is 118 Å². The normalized spacial score (nSPS) is 16.1. The van der Waals surface area contributed by atoms with Gasteiger partial charge < -0.3 is 10.4 Å². The third kappa shape index (κ3) is 2.54. The van der Waals surface area contributed by atoms with E-state index >= 15 is 0 Å². The first-order valence-electron chi connectivity index (χ1n) is 6.94. The predicted molar refractivity (Wildman–Crippen MR) is 77.3 cm³/mol. The summed E-state index contributed by atoms with van der Waals surface area (Å²) < 4.78 is 13.0. The topological polar surface area (TPSA) is 32.3 Å². The standard InChI is InChI=1S/C17H18FNO/c1-11(16-7-6-14(18)10-17(16)20)19-15-8-12-4-2-3-5-13(12)9-15/h2-7,10-11,15,19-20H,8-9H2,1H3. The Bertz CT molecular complexity index is 601. The van der Waals surface area contributed by atoms with Gasteiger partial charge in [0.2, 0.25) is 0 Å². The van der Waals surface area contributed by atoms with Crippen molar-refractivity contribution in [2.24, 2.45) is 0 Å². The molecule has 0 amide bonds. The average molecular weight is 271 g/mol. The Kier molecular flexibility index (Phi) is 3.45. The van der Waals surface area contributed by atoms with Crippen LogP contribution in [0, 0.1) is 5.82 Å². The number of hydrogen-bond donors (Lipinski definition) is 2. The minimum absolute atomic E-state index is 0.00471. The number of rotatable bonds is 3. The van der Waals surface area contributed by atoms with E-state index in [1.807, 2.05) is 6.92 Å². The van der Waals surface area contributed by atoms with Crippen LogP contribution in [0.3, 0.4) is 0 Å². The molecule has 3 heteroatoms. The van der Waals surface area contributed by atoms with Crippen LogP contribution in [0.5, 0.6) is 5.75 Å². The molecule has 3 rings (SSSR count). The van der Waals surface area contributed by atoms with Gasteiger partial charge in [0.05, 0.1) is 0 Å². The summed E-state index contributed by atoms with van der Waals surface area (Å²) in [4.78, 5) is 0. The molecular formula is C17H18FNO. The van der Waals surface area contributed by atoms with Crippen LogP contribution in [-0.2, 0) is 12.8 Å². The lowest BCUT2D eigenvalue weighted by molar-refractivity contribution is 0.426. The van der Waals surface area contributed by atoms with Crippen molar-refractivity contribution in [3.8, 4) is 5.75 Å². The van der Waals surface area contributed by atoms with E-state index in [0.717, 1.165) is 24.5 Å². The monoisotopic (exact) mass is 271 g/mol. The lowest BCUT2D eigenvalue weighted by Crippen LogP contribution is -2.32. The van der Waals surface area contributed by atoms with Crippen LogP contribution in [0.4, 0.5) is 4.39 Å². The van der Waals surface area contributed by atoms with Crippen LogP contribution in [0.15, 0.2) is 42.5 Å². The number of phenolic OH excluding ortho intramolecular Hbond substituents is 1. The molecular weight excluding hydrogens is 253 g/mol. The summed E-state index contributed by atoms with van der Waals surface area (Å²) in [6.45, 7) is 2.00. The van der Waals surface area contributed by atoms with Gasteiger partial charge in [-0.2, -0.15) is 0 Å². The van der Waals surface area contributed by atoms with E-state index < -0.39 is 5.82 Å². The van der Waals surface area contributed by atoms with E-state index in [9.17, 15) is 9.50 Å². The van der Waals surface area contributed by atoms with Crippen molar-refractivity contribution in [2.45, 2.75) is 31.8 Å². The fourth-order valence-corrected chi connectivity index (χ4v) is 3.00. The van der Waals surface area contributed by atoms with Crippen LogP contribution < -0.4 is 5.32 Å². The van der Waals surface area contributed by atoms with Crippen LogP contribution in [-0.4, -0.2) is 11.1 Å². The molecule has 0 bridgehead atoms. The van der Waals surface area contributed by atoms with Crippen molar-refractivity contribution in [2.75, 3.05) is 0 Å². The lowest BCUT2D eigenvalue weighted by atomic mass is 10.1. The molecule has 1 aliphatic rings. The molecule has 1 unspecified atom stereocenters. The van der Waals surface area contributed by atoms with Gasteiger partial charge in [-0.25, -0.2) is 4.39 Å². The predicted octanol–water partition coefficient (Wildman–Crippen LogP) is 3.35. The zero-order valence-corrected chi connectivity index (χ0v) is 11.4. The van der Waals surface area contributed by atoms with E-state index in [1.165, 1.54) is 17.2 Å². The molecule has 0 aromatic heterocycles. The quantitative estimate of drug-likeness (QED) is 0.897. The average Bonchev–Trinajstić information content (AvgIpc) is 2.80. The van der Waals surface area contributed by atoms with Gasteiger partial charge in [-0.3, -0.25) is 0 Å². The van der Waals surface area contributed by atoms with Crippen molar-refractivity contribution < 1.29 is 9.50 Å². The molecule has 20 heavy (non-hydrogen) atoms. The second kappa shape index (κ2) is 5.25. The van der Waals surface area contributed by atoms with Gasteiger partial charge in [-0.05, 0) is 37.0 Å². The third-order valence-corrected chi connectivity index (χ3v) is 4.00. The first kappa shape index (κ1) is 13.1. The number of nitrogens with one attached hydrogen (secondary N) is 1. The molecule has 2 aromatic carbocycles. The maximum Gasteiger partial charge on any atom is 0.126 e. The summed E-state index contributed by atoms with van der Waals surface area (Å²) in [6, 6.07) is 13.0. The number of benzene rings is 2. The largest absolute Gasteiger partial charge is 0.508 e. The maximum atomic E-state index is 13.0. The minimum Gasteiger partial charge on any atom is -0.508 e. The van der Waals surface area contributed by atoms with Crippen molar-refractivity contribution in [1.82, 2.24) is 5.32 Å². The highest BCUT2D eigenvalue weighted by Gasteiger charge is 2.23. The SMILES string of the molecule is CC(NC1Cc2ccccc2C1)c1ccc(F)cc1O. The Morgan fingerprint density at radius 1 is 1.15 bits per heavy atom. The molecule has 2 nitrogen and oxygen atoms in total. The summed E-state index contributed by atoms with van der Waals surface area (Å²) >= 11 is 0. The Balaban J connectivity index is 1.70. The second-order valence-electron chi connectivity index (χ2n) is 5.47. The molecule has 1 aliphatic carbocycles. The van der Waals surface area contributed by atoms with Gasteiger partial charge in [0, 0.05) is 23.7 Å². The lowest BCUT2D eigenvalue weighted by Gasteiger charge is -2.20. The Morgan fingerprint density at radius 3 is 2.40 bits per heavy atom. The summed E-state index contributed by atoms with van der Waals surface area (Å²) in [5, 5.41) is 13.3. The number of fused-ring (bicyclic) bond motifs is 1. The molecule has 0 fully saturated rings. The first-order chi connectivity index (χ1) is 9.63. The van der Waals surface area contributed by atoms with Crippen LogP contribution >= 0.6 is 0 Å². The third-order valence-electron chi connectivity index (χ3n) is 4.00. The Morgan fingerprint density at radius 2 is 1.80 bits per heavy atom. The van der Waals surface area contributed by atoms with Gasteiger partial charge in [0.15, 0.2) is 0 Å². The van der Waals surface area contributed by atoms with E-state index in [1.54, 1.807) is 6.07 Å². The molecule has 0 aliphatic heterocycles. The highest BCUT2D eigenvalue weighted by atomic mass is 19.1. The van der Waals surface area contributed by atoms with Gasteiger partial charge in [0.1, 0.15) is 11.6 Å². The summed E-state index contributed by atoms with van der Waals surface area (Å²) in [5.41, 5.74) is 3.52. The van der Waals surface area contributed by atoms with Crippen molar-refractivity contribution in [3.63, 3.8) is 0 Å². The van der Waals surface area contributed by atoms with Crippen molar-refractivity contribution >= 4 is 0 Å². The molecule has 0 spiro atoms. The summed E-state index contributed by atoms with van der Waals surface area (Å²) in [5.74, 6) is -0.396. The van der Waals surface area contributed by atoms with E-state index in [2.05, 4.69) is 29.6 Å². The number of aromatic hydroxyl groups is 1. The number of halogens is 1.